The van der Waals surface area contributed by atoms with E-state index in [0.717, 1.165) is 24.2 Å². The zero-order valence-electron chi connectivity index (χ0n) is 26.2. The maximum Gasteiger partial charge on any atom is 0.407 e. The molecule has 3 N–H and O–H groups in total. The van der Waals surface area contributed by atoms with Crippen molar-refractivity contribution >= 4 is 27.7 Å². The van der Waals surface area contributed by atoms with Gasteiger partial charge in [-0.1, -0.05) is 42.5 Å². The van der Waals surface area contributed by atoms with Gasteiger partial charge in [-0.2, -0.15) is 4.31 Å². The average Bonchev–Trinajstić information content (AvgIpc) is 3.90. The smallest absolute Gasteiger partial charge is 0.407 e. The van der Waals surface area contributed by atoms with E-state index in [9.17, 15) is 27.5 Å². The topological polar surface area (TPSA) is 119 Å². The standard InChI is InChI=1S/C35H40F2N4O5S/c1-40(35(43)44)33(32(25-13-15-26(36)16-14-25)24-11-9-23(10-12-24)22-7-8-22)34(42)39-31-6-2-5-30(37)29(31)18-17-28-20-38-27-4-3-19-47(45,46)41(28)21-27/h2,5-6,9-16,22,27-28,32-33,38H,3-4,7-8,17-21H2,1H3,(H,39,42)(H,43,44)/t27?,28?,32-,33+/m1/s1. The average molecular weight is 667 g/mol. The molecule has 2 amide bonds. The minimum absolute atomic E-state index is 0.0830. The van der Waals surface area contributed by atoms with E-state index in [0.29, 0.717) is 43.0 Å². The Bertz CT molecular complexity index is 1720. The maximum atomic E-state index is 15.4. The number of halogens is 2. The van der Waals surface area contributed by atoms with Crippen LogP contribution in [0.3, 0.4) is 0 Å². The molecule has 6 rings (SSSR count). The summed E-state index contributed by atoms with van der Waals surface area (Å²) in [6.45, 7) is 0.827. The van der Waals surface area contributed by atoms with Crippen LogP contribution in [-0.4, -0.2) is 78.7 Å². The number of nitrogens with zero attached hydrogens (tertiary/aromatic N) is 2. The lowest BCUT2D eigenvalue weighted by molar-refractivity contribution is -0.120. The third kappa shape index (κ3) is 7.34. The van der Waals surface area contributed by atoms with E-state index in [-0.39, 0.29) is 35.5 Å². The quantitative estimate of drug-likeness (QED) is 0.271. The van der Waals surface area contributed by atoms with E-state index in [1.54, 1.807) is 10.4 Å². The van der Waals surface area contributed by atoms with Crippen LogP contribution in [0.5, 0.6) is 0 Å². The monoisotopic (exact) mass is 666 g/mol. The molecule has 3 aliphatic rings. The van der Waals surface area contributed by atoms with Crippen LogP contribution < -0.4 is 10.6 Å². The summed E-state index contributed by atoms with van der Waals surface area (Å²) in [7, 11) is -2.13. The highest BCUT2D eigenvalue weighted by molar-refractivity contribution is 7.89. The first-order chi connectivity index (χ1) is 22.5. The van der Waals surface area contributed by atoms with Gasteiger partial charge in [0.25, 0.3) is 0 Å². The second-order valence-corrected chi connectivity index (χ2v) is 14.9. The lowest BCUT2D eigenvalue weighted by atomic mass is 9.83. The lowest BCUT2D eigenvalue weighted by Crippen LogP contribution is -2.57. The lowest BCUT2D eigenvalue weighted by Gasteiger charge is -2.37. The molecule has 5 atom stereocenters. The Balaban J connectivity index is 1.30. The molecule has 0 radical (unpaired) electrons. The van der Waals surface area contributed by atoms with Crippen molar-refractivity contribution in [1.82, 2.24) is 14.5 Å². The number of benzene rings is 3. The van der Waals surface area contributed by atoms with Crippen LogP contribution in [0.4, 0.5) is 19.3 Å². The van der Waals surface area contributed by atoms with Gasteiger partial charge in [0.05, 0.1) is 5.75 Å². The molecule has 2 saturated heterocycles. The molecule has 47 heavy (non-hydrogen) atoms. The Kier molecular flexibility index (Phi) is 9.63. The molecular formula is C35H40F2N4O5S. The number of fused-ring (bicyclic) bond motifs is 2. The molecule has 1 saturated carbocycles. The molecule has 12 heteroatoms. The fourth-order valence-corrected chi connectivity index (χ4v) is 8.79. The predicted molar refractivity (Wildman–Crippen MR) is 175 cm³/mol. The number of likely N-dealkylation sites (N-methyl/N-ethyl adjacent to an activating group) is 1. The van der Waals surface area contributed by atoms with Crippen LogP contribution >= 0.6 is 0 Å². The van der Waals surface area contributed by atoms with Gasteiger partial charge in [-0.3, -0.25) is 9.69 Å². The van der Waals surface area contributed by atoms with E-state index in [2.05, 4.69) is 10.6 Å². The van der Waals surface area contributed by atoms with E-state index in [4.69, 9.17) is 0 Å². The molecule has 2 heterocycles. The van der Waals surface area contributed by atoms with Crippen molar-refractivity contribution in [3.63, 3.8) is 0 Å². The van der Waals surface area contributed by atoms with Gasteiger partial charge in [0.2, 0.25) is 15.9 Å². The number of piperazine rings is 1. The second-order valence-electron chi connectivity index (χ2n) is 12.9. The van der Waals surface area contributed by atoms with Crippen LogP contribution in [0.2, 0.25) is 0 Å². The summed E-state index contributed by atoms with van der Waals surface area (Å²) in [5, 5.41) is 16.3. The highest BCUT2D eigenvalue weighted by atomic mass is 32.2. The second kappa shape index (κ2) is 13.7. The Labute approximate surface area is 274 Å². The molecule has 1 aliphatic carbocycles. The number of hydrogen-bond donors (Lipinski definition) is 3. The molecule has 2 aliphatic heterocycles. The van der Waals surface area contributed by atoms with Crippen molar-refractivity contribution in [1.29, 1.82) is 0 Å². The van der Waals surface area contributed by atoms with E-state index >= 15 is 4.39 Å². The summed E-state index contributed by atoms with van der Waals surface area (Å²) in [6, 6.07) is 16.1. The van der Waals surface area contributed by atoms with Gasteiger partial charge in [0, 0.05) is 49.4 Å². The molecule has 0 spiro atoms. The predicted octanol–water partition coefficient (Wildman–Crippen LogP) is 5.29. The third-order valence-corrected chi connectivity index (χ3v) is 11.7. The first-order valence-corrected chi connectivity index (χ1v) is 17.7. The van der Waals surface area contributed by atoms with E-state index in [1.807, 2.05) is 24.3 Å². The van der Waals surface area contributed by atoms with Gasteiger partial charge in [0.1, 0.15) is 17.7 Å². The van der Waals surface area contributed by atoms with Crippen LogP contribution in [0.1, 0.15) is 66.2 Å². The van der Waals surface area contributed by atoms with Gasteiger partial charge < -0.3 is 15.7 Å². The van der Waals surface area contributed by atoms with Crippen molar-refractivity contribution in [3.05, 3.63) is 101 Å². The number of nitrogens with one attached hydrogen (secondary N) is 2. The minimum Gasteiger partial charge on any atom is -0.465 e. The summed E-state index contributed by atoms with van der Waals surface area (Å²) in [4.78, 5) is 27.5. The van der Waals surface area contributed by atoms with E-state index < -0.39 is 45.6 Å². The molecule has 3 aromatic rings. The highest BCUT2D eigenvalue weighted by Gasteiger charge is 2.39. The van der Waals surface area contributed by atoms with Crippen molar-refractivity contribution in [2.75, 3.05) is 31.2 Å². The zero-order chi connectivity index (χ0) is 33.3. The van der Waals surface area contributed by atoms with Crippen LogP contribution in [-0.2, 0) is 21.2 Å². The number of hydrogen-bond acceptors (Lipinski definition) is 5. The van der Waals surface area contributed by atoms with Gasteiger partial charge in [-0.25, -0.2) is 22.0 Å². The molecule has 3 aromatic carbocycles. The van der Waals surface area contributed by atoms with Crippen molar-refractivity contribution in [3.8, 4) is 0 Å². The number of carbonyl (C=O) groups excluding carboxylic acids is 1. The molecule has 250 valence electrons. The fraction of sp³-hybridized carbons (Fsp3) is 0.429. The van der Waals surface area contributed by atoms with Crippen molar-refractivity contribution in [2.45, 2.75) is 68.5 Å². The minimum atomic E-state index is -3.44. The number of anilines is 1. The Morgan fingerprint density at radius 1 is 1.02 bits per heavy atom. The Morgan fingerprint density at radius 2 is 1.70 bits per heavy atom. The van der Waals surface area contributed by atoms with Gasteiger partial charge >= 0.3 is 6.09 Å². The number of carbonyl (C=O) groups is 2. The number of amides is 2. The zero-order valence-corrected chi connectivity index (χ0v) is 27.1. The summed E-state index contributed by atoms with van der Waals surface area (Å²) in [5.74, 6) is -1.94. The largest absolute Gasteiger partial charge is 0.465 e. The summed E-state index contributed by atoms with van der Waals surface area (Å²) in [6.07, 6.45) is 2.71. The van der Waals surface area contributed by atoms with Crippen molar-refractivity contribution in [2.24, 2.45) is 0 Å². The normalized spacial score (nSPS) is 23.3. The van der Waals surface area contributed by atoms with Crippen molar-refractivity contribution < 1.29 is 31.9 Å². The highest BCUT2D eigenvalue weighted by Crippen LogP contribution is 2.41. The summed E-state index contributed by atoms with van der Waals surface area (Å²) < 4.78 is 56.9. The third-order valence-electron chi connectivity index (χ3n) is 9.74. The van der Waals surface area contributed by atoms with Gasteiger partial charge in [-0.15, -0.1) is 0 Å². The molecular weight excluding hydrogens is 626 g/mol. The first kappa shape index (κ1) is 33.0. The fourth-order valence-electron chi connectivity index (χ4n) is 6.98. The van der Waals surface area contributed by atoms with Crippen LogP contribution in [0, 0.1) is 11.6 Å². The molecule has 3 unspecified atom stereocenters. The SMILES string of the molecule is CN(C(=O)O)[C@H](C(=O)Nc1cccc(F)c1CCC1CNC2CCCS(=O)(=O)N1C2)[C@@H](c1ccc(F)cc1)c1ccc(C2CC2)cc1. The Hall–Kier alpha value is -3.87. The summed E-state index contributed by atoms with van der Waals surface area (Å²) in [5.41, 5.74) is 2.77. The number of rotatable bonds is 10. The first-order valence-electron chi connectivity index (χ1n) is 16.1. The van der Waals surface area contributed by atoms with Crippen LogP contribution in [0.25, 0.3) is 0 Å². The number of carboxylic acid groups (broad SMARTS) is 1. The van der Waals surface area contributed by atoms with Crippen LogP contribution in [0.15, 0.2) is 66.7 Å². The molecule has 0 aromatic heterocycles. The molecule has 9 nitrogen and oxygen atoms in total. The summed E-state index contributed by atoms with van der Waals surface area (Å²) >= 11 is 0. The Morgan fingerprint density at radius 3 is 2.36 bits per heavy atom. The number of sulfonamides is 1. The maximum absolute atomic E-state index is 15.4. The van der Waals surface area contributed by atoms with E-state index in [1.165, 1.54) is 49.0 Å². The molecule has 3 fully saturated rings. The molecule has 2 bridgehead atoms. The van der Waals surface area contributed by atoms with Gasteiger partial charge in [-0.05, 0) is 85.4 Å². The van der Waals surface area contributed by atoms with Gasteiger partial charge in [0.15, 0.2) is 0 Å².